The van der Waals surface area contributed by atoms with Gasteiger partial charge in [0.05, 0.1) is 11.8 Å². The molecule has 1 aromatic carbocycles. The number of likely N-dealkylation sites (tertiary alicyclic amines) is 1. The van der Waals surface area contributed by atoms with Crippen LogP contribution in [0.2, 0.25) is 0 Å². The zero-order valence-corrected chi connectivity index (χ0v) is 20.4. The summed E-state index contributed by atoms with van der Waals surface area (Å²) < 4.78 is 6.23. The van der Waals surface area contributed by atoms with E-state index in [4.69, 9.17) is 4.74 Å². The van der Waals surface area contributed by atoms with Crippen LogP contribution in [0.15, 0.2) is 16.6 Å². The number of esters is 1. The molecule has 3 amide bonds. The Morgan fingerprint density at radius 3 is 2.25 bits per heavy atom. The normalized spacial score (nSPS) is 27.1. The van der Waals surface area contributed by atoms with Crippen LogP contribution in [-0.2, 0) is 23.9 Å². The molecule has 2 bridgehead atoms. The third-order valence-electron chi connectivity index (χ3n) is 7.45. The first-order valence-corrected chi connectivity index (χ1v) is 12.0. The van der Waals surface area contributed by atoms with Gasteiger partial charge < -0.3 is 10.1 Å². The van der Waals surface area contributed by atoms with Crippen LogP contribution in [-0.4, -0.2) is 41.2 Å². The molecule has 0 unspecified atom stereocenters. The van der Waals surface area contributed by atoms with Crippen molar-refractivity contribution in [3.63, 3.8) is 0 Å². The van der Waals surface area contributed by atoms with Gasteiger partial charge in [-0.1, -0.05) is 29.8 Å². The zero-order chi connectivity index (χ0) is 23.3. The minimum atomic E-state index is -1.01. The van der Waals surface area contributed by atoms with Gasteiger partial charge in [-0.2, -0.15) is 0 Å². The highest BCUT2D eigenvalue weighted by molar-refractivity contribution is 9.10. The summed E-state index contributed by atoms with van der Waals surface area (Å²) in [5.74, 6) is -2.07. The predicted octanol–water partition coefficient (Wildman–Crippen LogP) is 3.60. The number of hydrogen-bond acceptors (Lipinski definition) is 5. The Balaban J connectivity index is 1.42. The van der Waals surface area contributed by atoms with Crippen LogP contribution in [0.1, 0.15) is 44.2 Å². The van der Waals surface area contributed by atoms with Gasteiger partial charge in [-0.15, -0.1) is 0 Å². The van der Waals surface area contributed by atoms with Crippen molar-refractivity contribution in [2.45, 2.75) is 53.0 Å². The van der Waals surface area contributed by atoms with Gasteiger partial charge in [0.2, 0.25) is 11.8 Å². The zero-order valence-electron chi connectivity index (χ0n) is 18.8. The third-order valence-corrected chi connectivity index (χ3v) is 8.31. The fraction of sp³-hybridized carbons (Fsp3) is 0.583. The Bertz CT molecular complexity index is 963. The molecule has 5 atom stereocenters. The number of hydrogen-bond donors (Lipinski definition) is 1. The average molecular weight is 505 g/mol. The molecule has 0 aromatic heterocycles. The van der Waals surface area contributed by atoms with Gasteiger partial charge in [-0.3, -0.25) is 19.3 Å². The van der Waals surface area contributed by atoms with Crippen LogP contribution in [0, 0.1) is 43.4 Å². The summed E-state index contributed by atoms with van der Waals surface area (Å²) in [7, 11) is 0. The first-order chi connectivity index (χ1) is 15.1. The van der Waals surface area contributed by atoms with Gasteiger partial charge in [-0.25, -0.2) is 4.79 Å². The molecule has 4 rings (SSSR count). The van der Waals surface area contributed by atoms with E-state index in [2.05, 4.69) is 21.2 Å². The number of halogens is 1. The van der Waals surface area contributed by atoms with Gasteiger partial charge in [0.1, 0.15) is 6.04 Å². The molecule has 0 spiro atoms. The van der Waals surface area contributed by atoms with Crippen LogP contribution in [0.5, 0.6) is 0 Å². The number of rotatable bonds is 6. The Morgan fingerprint density at radius 2 is 1.69 bits per heavy atom. The summed E-state index contributed by atoms with van der Waals surface area (Å²) in [6.07, 6.45) is 2.89. The molecule has 0 radical (unpaired) electrons. The summed E-state index contributed by atoms with van der Waals surface area (Å²) >= 11 is 3.45. The molecular formula is C24H29BrN2O5. The van der Waals surface area contributed by atoms with Crippen molar-refractivity contribution < 1.29 is 23.9 Å². The second-order valence-electron chi connectivity index (χ2n) is 9.62. The van der Waals surface area contributed by atoms with Crippen molar-refractivity contribution >= 4 is 45.3 Å². The SMILES string of the molecule is Cc1c(Br)ccc(NC(=O)COC(=O)[C@H](C(C)C)N2C(=O)[C@@H]3[C@H]4CC[C@@H](C4)[C@H]3C2=O)c1C. The van der Waals surface area contributed by atoms with Crippen molar-refractivity contribution in [1.29, 1.82) is 0 Å². The molecule has 1 aromatic rings. The molecule has 1 saturated heterocycles. The summed E-state index contributed by atoms with van der Waals surface area (Å²) in [6, 6.07) is 2.61. The molecule has 8 heteroatoms. The number of fused-ring (bicyclic) bond motifs is 5. The fourth-order valence-electron chi connectivity index (χ4n) is 5.71. The third kappa shape index (κ3) is 3.76. The lowest BCUT2D eigenvalue weighted by Gasteiger charge is -2.28. The maximum atomic E-state index is 13.1. The van der Waals surface area contributed by atoms with Gasteiger partial charge in [0.25, 0.3) is 5.91 Å². The van der Waals surface area contributed by atoms with Gasteiger partial charge >= 0.3 is 5.97 Å². The molecule has 172 valence electrons. The number of imide groups is 1. The summed E-state index contributed by atoms with van der Waals surface area (Å²) in [5, 5.41) is 2.76. The highest BCUT2D eigenvalue weighted by atomic mass is 79.9. The number of ether oxygens (including phenoxy) is 1. The average Bonchev–Trinajstić information content (AvgIpc) is 3.42. The Kier molecular flexibility index (Phi) is 6.18. The van der Waals surface area contributed by atoms with E-state index in [1.807, 2.05) is 19.9 Å². The van der Waals surface area contributed by atoms with E-state index in [1.54, 1.807) is 19.9 Å². The minimum Gasteiger partial charge on any atom is -0.454 e. The van der Waals surface area contributed by atoms with Crippen molar-refractivity contribution in [3.05, 3.63) is 27.7 Å². The van der Waals surface area contributed by atoms with Crippen molar-refractivity contribution in [2.24, 2.45) is 29.6 Å². The van der Waals surface area contributed by atoms with E-state index in [-0.39, 0.29) is 41.4 Å². The molecule has 1 aliphatic heterocycles. The summed E-state index contributed by atoms with van der Waals surface area (Å²) in [4.78, 5) is 52.7. The Morgan fingerprint density at radius 1 is 1.09 bits per heavy atom. The molecule has 2 saturated carbocycles. The molecule has 3 aliphatic rings. The second-order valence-corrected chi connectivity index (χ2v) is 10.5. The number of amides is 3. The highest BCUT2D eigenvalue weighted by Crippen LogP contribution is 2.56. The highest BCUT2D eigenvalue weighted by Gasteiger charge is 2.62. The molecule has 1 heterocycles. The standard InChI is InChI=1S/C24H29BrN2O5/c1-11(2)21(27-22(29)19-14-5-6-15(9-14)20(19)23(27)30)24(31)32-10-18(28)26-17-8-7-16(25)12(3)13(17)4/h7-8,11,14-15,19-21H,5-6,9-10H2,1-4H3,(H,26,28)/t14-,15-,19+,20+,21-/m0/s1. The van der Waals surface area contributed by atoms with E-state index in [1.165, 1.54) is 0 Å². The molecule has 1 N–H and O–H groups in total. The predicted molar refractivity (Wildman–Crippen MR) is 121 cm³/mol. The lowest BCUT2D eigenvalue weighted by atomic mass is 9.81. The molecule has 32 heavy (non-hydrogen) atoms. The van der Waals surface area contributed by atoms with Gasteiger partial charge in [0.15, 0.2) is 6.61 Å². The maximum Gasteiger partial charge on any atom is 0.330 e. The first-order valence-electron chi connectivity index (χ1n) is 11.2. The summed E-state index contributed by atoms with van der Waals surface area (Å²) in [6.45, 7) is 6.91. The largest absolute Gasteiger partial charge is 0.454 e. The Labute approximate surface area is 196 Å². The van der Waals surface area contributed by atoms with Crippen LogP contribution in [0.25, 0.3) is 0 Å². The fourth-order valence-corrected chi connectivity index (χ4v) is 6.14. The number of carbonyl (C=O) groups is 4. The van der Waals surface area contributed by atoms with Gasteiger partial charge in [0, 0.05) is 10.2 Å². The van der Waals surface area contributed by atoms with Gasteiger partial charge in [-0.05, 0) is 74.1 Å². The smallest absolute Gasteiger partial charge is 0.330 e. The van der Waals surface area contributed by atoms with Crippen molar-refractivity contribution in [3.8, 4) is 0 Å². The lowest BCUT2D eigenvalue weighted by molar-refractivity contribution is -0.162. The van der Waals surface area contributed by atoms with Crippen molar-refractivity contribution in [2.75, 3.05) is 11.9 Å². The summed E-state index contributed by atoms with van der Waals surface area (Å²) in [5.41, 5.74) is 2.55. The lowest BCUT2D eigenvalue weighted by Crippen LogP contribution is -2.50. The second kappa shape index (κ2) is 8.61. The number of carbonyl (C=O) groups excluding carboxylic acids is 4. The first kappa shape index (κ1) is 23.0. The number of nitrogens with one attached hydrogen (secondary N) is 1. The minimum absolute atomic E-state index is 0.242. The molecule has 7 nitrogen and oxygen atoms in total. The molecular weight excluding hydrogens is 476 g/mol. The van der Waals surface area contributed by atoms with Crippen LogP contribution < -0.4 is 5.32 Å². The maximum absolute atomic E-state index is 13.1. The van der Waals surface area contributed by atoms with E-state index in [0.29, 0.717) is 5.69 Å². The topological polar surface area (TPSA) is 92.8 Å². The van der Waals surface area contributed by atoms with Crippen LogP contribution in [0.3, 0.4) is 0 Å². The van der Waals surface area contributed by atoms with E-state index in [9.17, 15) is 19.2 Å². The van der Waals surface area contributed by atoms with E-state index in [0.717, 1.165) is 39.8 Å². The number of anilines is 1. The van der Waals surface area contributed by atoms with E-state index < -0.39 is 24.5 Å². The molecule has 3 fully saturated rings. The number of nitrogens with zero attached hydrogens (tertiary/aromatic N) is 1. The van der Waals surface area contributed by atoms with Crippen LogP contribution >= 0.6 is 15.9 Å². The number of benzene rings is 1. The quantitative estimate of drug-likeness (QED) is 0.471. The van der Waals surface area contributed by atoms with E-state index >= 15 is 0 Å². The van der Waals surface area contributed by atoms with Crippen LogP contribution in [0.4, 0.5) is 5.69 Å². The Hall–Kier alpha value is -2.22. The van der Waals surface area contributed by atoms with Crippen molar-refractivity contribution in [1.82, 2.24) is 4.90 Å². The molecule has 2 aliphatic carbocycles. The monoisotopic (exact) mass is 504 g/mol.